The Morgan fingerprint density at radius 1 is 1.10 bits per heavy atom. The van der Waals surface area contributed by atoms with Gasteiger partial charge in [0.1, 0.15) is 17.2 Å². The first-order chi connectivity index (χ1) is 14.2. The van der Waals surface area contributed by atoms with Crippen molar-refractivity contribution in [2.75, 3.05) is 24.6 Å². The zero-order chi connectivity index (χ0) is 19.8. The summed E-state index contributed by atoms with van der Waals surface area (Å²) in [7, 11) is 0. The van der Waals surface area contributed by atoms with Crippen LogP contribution in [0.3, 0.4) is 0 Å². The molecule has 0 spiro atoms. The summed E-state index contributed by atoms with van der Waals surface area (Å²) < 4.78 is 9.09. The molecule has 2 aliphatic heterocycles. The van der Waals surface area contributed by atoms with Gasteiger partial charge in [0, 0.05) is 29.6 Å². The Morgan fingerprint density at radius 3 is 2.76 bits per heavy atom. The number of nitrogens with zero attached hydrogens (tertiary/aromatic N) is 5. The SMILES string of the molecule is CC1CCN(c2cncc(-c3nn(C4CCCCO4)c4ccc(Br)cc34)n2)CC1. The molecular formula is C22H26BrN5O. The Morgan fingerprint density at radius 2 is 1.97 bits per heavy atom. The lowest BCUT2D eigenvalue weighted by atomic mass is 9.99. The van der Waals surface area contributed by atoms with E-state index < -0.39 is 0 Å². The molecule has 2 aromatic heterocycles. The predicted octanol–water partition coefficient (Wildman–Crippen LogP) is 5.19. The van der Waals surface area contributed by atoms with Crippen molar-refractivity contribution in [2.45, 2.75) is 45.3 Å². The summed E-state index contributed by atoms with van der Waals surface area (Å²) in [6.07, 6.45) is 9.37. The largest absolute Gasteiger partial charge is 0.356 e. The fourth-order valence-electron chi connectivity index (χ4n) is 4.30. The fraction of sp³-hybridized carbons (Fsp3) is 0.500. The molecule has 1 aromatic carbocycles. The minimum Gasteiger partial charge on any atom is -0.356 e. The van der Waals surface area contributed by atoms with Gasteiger partial charge in [-0.1, -0.05) is 22.9 Å². The molecule has 0 saturated carbocycles. The van der Waals surface area contributed by atoms with Gasteiger partial charge in [0.2, 0.25) is 0 Å². The summed E-state index contributed by atoms with van der Waals surface area (Å²) in [6.45, 7) is 5.19. The van der Waals surface area contributed by atoms with Gasteiger partial charge in [-0.15, -0.1) is 0 Å². The highest BCUT2D eigenvalue weighted by atomic mass is 79.9. The summed E-state index contributed by atoms with van der Waals surface area (Å²) in [4.78, 5) is 11.8. The van der Waals surface area contributed by atoms with E-state index in [-0.39, 0.29) is 6.23 Å². The van der Waals surface area contributed by atoms with Crippen LogP contribution in [0.4, 0.5) is 5.82 Å². The summed E-state index contributed by atoms with van der Waals surface area (Å²) in [5.41, 5.74) is 2.77. The van der Waals surface area contributed by atoms with Crippen molar-refractivity contribution in [1.29, 1.82) is 0 Å². The predicted molar refractivity (Wildman–Crippen MR) is 118 cm³/mol. The highest BCUT2D eigenvalue weighted by Gasteiger charge is 2.23. The van der Waals surface area contributed by atoms with E-state index in [4.69, 9.17) is 14.8 Å². The average Bonchev–Trinajstić information content (AvgIpc) is 3.14. The second-order valence-electron chi connectivity index (χ2n) is 8.21. The molecule has 2 aliphatic rings. The van der Waals surface area contributed by atoms with Crippen LogP contribution in [-0.2, 0) is 4.74 Å². The van der Waals surface area contributed by atoms with Crippen molar-refractivity contribution < 1.29 is 4.74 Å². The van der Waals surface area contributed by atoms with Gasteiger partial charge < -0.3 is 9.64 Å². The van der Waals surface area contributed by atoms with Crippen molar-refractivity contribution in [3.05, 3.63) is 35.1 Å². The number of benzene rings is 1. The Kier molecular flexibility index (Phi) is 5.26. The Hall–Kier alpha value is -1.99. The van der Waals surface area contributed by atoms with Crippen LogP contribution in [0.1, 0.15) is 45.3 Å². The summed E-state index contributed by atoms with van der Waals surface area (Å²) >= 11 is 3.61. The molecule has 0 aliphatic carbocycles. The number of ether oxygens (including phenoxy) is 1. The first-order valence-electron chi connectivity index (χ1n) is 10.6. The maximum Gasteiger partial charge on any atom is 0.150 e. The van der Waals surface area contributed by atoms with Crippen LogP contribution in [0.25, 0.3) is 22.3 Å². The van der Waals surface area contributed by atoms with Crippen LogP contribution in [0.15, 0.2) is 35.1 Å². The van der Waals surface area contributed by atoms with E-state index in [1.54, 1.807) is 0 Å². The number of anilines is 1. The molecule has 2 saturated heterocycles. The second-order valence-corrected chi connectivity index (χ2v) is 9.12. The number of fused-ring (bicyclic) bond motifs is 1. The third-order valence-electron chi connectivity index (χ3n) is 6.07. The van der Waals surface area contributed by atoms with Crippen LogP contribution < -0.4 is 4.90 Å². The molecule has 5 rings (SSSR count). The molecule has 0 radical (unpaired) electrons. The van der Waals surface area contributed by atoms with Crippen LogP contribution in [0, 0.1) is 5.92 Å². The lowest BCUT2D eigenvalue weighted by Gasteiger charge is -2.31. The molecule has 6 nitrogen and oxygen atoms in total. The van der Waals surface area contributed by atoms with Gasteiger partial charge >= 0.3 is 0 Å². The molecule has 29 heavy (non-hydrogen) atoms. The van der Waals surface area contributed by atoms with Crippen LogP contribution in [0.2, 0.25) is 0 Å². The van der Waals surface area contributed by atoms with Crippen molar-refractivity contribution in [1.82, 2.24) is 19.7 Å². The quantitative estimate of drug-likeness (QED) is 0.543. The number of hydrogen-bond acceptors (Lipinski definition) is 5. The van der Waals surface area contributed by atoms with Gasteiger partial charge in [-0.05, 0) is 56.2 Å². The summed E-state index contributed by atoms with van der Waals surface area (Å²) in [5, 5.41) is 6.05. The molecular weight excluding hydrogens is 430 g/mol. The molecule has 1 atom stereocenters. The molecule has 3 aromatic rings. The molecule has 152 valence electrons. The third-order valence-corrected chi connectivity index (χ3v) is 6.56. The topological polar surface area (TPSA) is 56.1 Å². The van der Waals surface area contributed by atoms with Gasteiger partial charge in [0.15, 0.2) is 6.23 Å². The maximum atomic E-state index is 6.02. The Balaban J connectivity index is 1.56. The average molecular weight is 456 g/mol. The zero-order valence-electron chi connectivity index (χ0n) is 16.7. The highest BCUT2D eigenvalue weighted by Crippen LogP contribution is 2.34. The van der Waals surface area contributed by atoms with Crippen LogP contribution >= 0.6 is 15.9 Å². The monoisotopic (exact) mass is 455 g/mol. The third kappa shape index (κ3) is 3.78. The molecule has 0 bridgehead atoms. The van der Waals surface area contributed by atoms with Crippen LogP contribution in [0.5, 0.6) is 0 Å². The van der Waals surface area contributed by atoms with Gasteiger partial charge in [-0.25, -0.2) is 9.67 Å². The number of aromatic nitrogens is 4. The van der Waals surface area contributed by atoms with E-state index in [0.29, 0.717) is 0 Å². The van der Waals surface area contributed by atoms with E-state index in [0.717, 1.165) is 71.0 Å². The Labute approximate surface area is 179 Å². The minimum atomic E-state index is -0.0131. The molecule has 2 fully saturated rings. The molecule has 1 unspecified atom stereocenters. The lowest BCUT2D eigenvalue weighted by Crippen LogP contribution is -2.33. The van der Waals surface area contributed by atoms with Crippen molar-refractivity contribution >= 4 is 32.7 Å². The van der Waals surface area contributed by atoms with Gasteiger partial charge in [-0.2, -0.15) is 5.10 Å². The molecule has 7 heteroatoms. The Bertz CT molecular complexity index is 1010. The summed E-state index contributed by atoms with van der Waals surface area (Å²) in [5.74, 6) is 1.73. The minimum absolute atomic E-state index is 0.0131. The first kappa shape index (κ1) is 19.0. The number of piperidine rings is 1. The highest BCUT2D eigenvalue weighted by molar-refractivity contribution is 9.10. The van der Waals surface area contributed by atoms with E-state index >= 15 is 0 Å². The maximum absolute atomic E-state index is 6.02. The van der Waals surface area contributed by atoms with Gasteiger partial charge in [0.05, 0.1) is 17.9 Å². The van der Waals surface area contributed by atoms with E-state index in [1.807, 2.05) is 17.1 Å². The number of rotatable bonds is 3. The standard InChI is InChI=1S/C22H26BrN5O/c1-15-7-9-27(10-8-15)20-14-24-13-18(25-20)22-17-12-16(23)5-6-19(17)28(26-22)21-4-2-3-11-29-21/h5-6,12-15,21H,2-4,7-11H2,1H3. The zero-order valence-corrected chi connectivity index (χ0v) is 18.3. The molecule has 0 amide bonds. The fourth-order valence-corrected chi connectivity index (χ4v) is 4.66. The van der Waals surface area contributed by atoms with Crippen LogP contribution in [-0.4, -0.2) is 39.4 Å². The molecule has 4 heterocycles. The number of halogens is 1. The summed E-state index contributed by atoms with van der Waals surface area (Å²) in [6, 6.07) is 6.29. The van der Waals surface area contributed by atoms with E-state index in [9.17, 15) is 0 Å². The van der Waals surface area contributed by atoms with Crippen molar-refractivity contribution in [3.63, 3.8) is 0 Å². The first-order valence-corrected chi connectivity index (χ1v) is 11.3. The van der Waals surface area contributed by atoms with Gasteiger partial charge in [0.25, 0.3) is 0 Å². The normalized spacial score (nSPS) is 21.0. The second kappa shape index (κ2) is 8.03. The van der Waals surface area contributed by atoms with Crippen molar-refractivity contribution in [2.24, 2.45) is 5.92 Å². The molecule has 0 N–H and O–H groups in total. The smallest absolute Gasteiger partial charge is 0.150 e. The van der Waals surface area contributed by atoms with E-state index in [1.165, 1.54) is 19.3 Å². The number of hydrogen-bond donors (Lipinski definition) is 0. The van der Waals surface area contributed by atoms with E-state index in [2.05, 4.69) is 50.9 Å². The van der Waals surface area contributed by atoms with Crippen molar-refractivity contribution in [3.8, 4) is 11.4 Å². The van der Waals surface area contributed by atoms with Gasteiger partial charge in [-0.3, -0.25) is 4.98 Å². The lowest BCUT2D eigenvalue weighted by molar-refractivity contribution is -0.0365.